The standard InChI is InChI=1S/C19H32N4O2/c1-14(2)17-11-16(15(13-22)5-7-21)12-18(19(17)23)25-10-9-24-8-4-3-6-20/h5,7,11-14H,3-4,6,8-10,20-23H2,1-2H3/b7-5-,15-13?. The number of hydrogen-bond donors (Lipinski definition) is 4. The average Bonchev–Trinajstić information content (AvgIpc) is 2.60. The van der Waals surface area contributed by atoms with Gasteiger partial charge in [0.25, 0.3) is 0 Å². The Kier molecular flexibility index (Phi) is 9.50. The monoisotopic (exact) mass is 348 g/mol. The first-order valence-electron chi connectivity index (χ1n) is 8.69. The van der Waals surface area contributed by atoms with Crippen molar-refractivity contribution in [3.63, 3.8) is 0 Å². The fourth-order valence-corrected chi connectivity index (χ4v) is 2.42. The fourth-order valence-electron chi connectivity index (χ4n) is 2.42. The molecule has 1 rings (SSSR count). The van der Waals surface area contributed by atoms with Crippen LogP contribution in [0.2, 0.25) is 0 Å². The quantitative estimate of drug-likeness (QED) is 0.276. The van der Waals surface area contributed by atoms with Gasteiger partial charge in [0.05, 0.1) is 12.3 Å². The average molecular weight is 348 g/mol. The van der Waals surface area contributed by atoms with Gasteiger partial charge in [0.15, 0.2) is 0 Å². The molecule has 0 fully saturated rings. The molecule has 0 aromatic heterocycles. The summed E-state index contributed by atoms with van der Waals surface area (Å²) in [4.78, 5) is 0. The molecule has 0 saturated heterocycles. The molecular weight excluding hydrogens is 316 g/mol. The van der Waals surface area contributed by atoms with Crippen molar-refractivity contribution in [1.82, 2.24) is 0 Å². The maximum atomic E-state index is 6.28. The Labute approximate surface area is 150 Å². The second-order valence-electron chi connectivity index (χ2n) is 6.07. The van der Waals surface area contributed by atoms with E-state index >= 15 is 0 Å². The molecule has 0 bridgehead atoms. The number of hydrogen-bond acceptors (Lipinski definition) is 6. The second-order valence-corrected chi connectivity index (χ2v) is 6.07. The van der Waals surface area contributed by atoms with Gasteiger partial charge in [-0.2, -0.15) is 0 Å². The minimum atomic E-state index is 0.260. The predicted octanol–water partition coefficient (Wildman–Crippen LogP) is 2.30. The van der Waals surface area contributed by atoms with E-state index in [2.05, 4.69) is 13.8 Å². The second kappa shape index (κ2) is 11.4. The van der Waals surface area contributed by atoms with Gasteiger partial charge < -0.3 is 32.4 Å². The number of benzene rings is 1. The zero-order valence-corrected chi connectivity index (χ0v) is 15.3. The normalized spacial score (nSPS) is 12.2. The zero-order chi connectivity index (χ0) is 18.7. The largest absolute Gasteiger partial charge is 0.489 e. The van der Waals surface area contributed by atoms with Gasteiger partial charge >= 0.3 is 0 Å². The lowest BCUT2D eigenvalue weighted by Crippen LogP contribution is -2.11. The van der Waals surface area contributed by atoms with Crippen LogP contribution in [0, 0.1) is 0 Å². The van der Waals surface area contributed by atoms with Crippen LogP contribution in [-0.4, -0.2) is 26.4 Å². The van der Waals surface area contributed by atoms with Gasteiger partial charge in [0.1, 0.15) is 12.4 Å². The lowest BCUT2D eigenvalue weighted by Gasteiger charge is -2.17. The Morgan fingerprint density at radius 2 is 1.88 bits per heavy atom. The number of ether oxygens (including phenoxy) is 2. The Bertz CT molecular complexity index is 583. The molecule has 0 aliphatic heterocycles. The summed E-state index contributed by atoms with van der Waals surface area (Å²) in [6.45, 7) is 6.49. The van der Waals surface area contributed by atoms with E-state index in [-0.39, 0.29) is 5.92 Å². The van der Waals surface area contributed by atoms with Crippen LogP contribution in [-0.2, 0) is 4.74 Å². The highest BCUT2D eigenvalue weighted by Crippen LogP contribution is 2.34. The Morgan fingerprint density at radius 3 is 2.48 bits per heavy atom. The Balaban J connectivity index is 2.85. The van der Waals surface area contributed by atoms with Crippen LogP contribution in [0.3, 0.4) is 0 Å². The number of rotatable bonds is 11. The van der Waals surface area contributed by atoms with Crippen molar-refractivity contribution >= 4 is 11.3 Å². The topological polar surface area (TPSA) is 123 Å². The predicted molar refractivity (Wildman–Crippen MR) is 105 cm³/mol. The first-order chi connectivity index (χ1) is 12.0. The minimum Gasteiger partial charge on any atom is -0.489 e. The third-order valence-electron chi connectivity index (χ3n) is 3.81. The molecule has 8 N–H and O–H groups in total. The number of unbranched alkanes of at least 4 members (excludes halogenated alkanes) is 1. The summed E-state index contributed by atoms with van der Waals surface area (Å²) in [5.41, 5.74) is 26.3. The molecule has 6 heteroatoms. The van der Waals surface area contributed by atoms with E-state index in [1.54, 1.807) is 6.08 Å². The molecule has 0 saturated carbocycles. The minimum absolute atomic E-state index is 0.260. The van der Waals surface area contributed by atoms with Crippen molar-refractivity contribution in [3.8, 4) is 5.75 Å². The number of anilines is 1. The van der Waals surface area contributed by atoms with Crippen LogP contribution < -0.4 is 27.7 Å². The third kappa shape index (κ3) is 6.68. The fraction of sp³-hybridized carbons (Fsp3) is 0.474. The van der Waals surface area contributed by atoms with Crippen molar-refractivity contribution in [2.45, 2.75) is 32.6 Å². The number of allylic oxidation sites excluding steroid dienone is 2. The first kappa shape index (κ1) is 20.9. The van der Waals surface area contributed by atoms with Crippen LogP contribution in [0.5, 0.6) is 5.75 Å². The molecule has 0 atom stereocenters. The van der Waals surface area contributed by atoms with Crippen LogP contribution in [0.4, 0.5) is 5.69 Å². The summed E-state index contributed by atoms with van der Waals surface area (Å²) < 4.78 is 11.4. The highest BCUT2D eigenvalue weighted by molar-refractivity contribution is 5.78. The molecule has 0 heterocycles. The maximum absolute atomic E-state index is 6.28. The molecule has 140 valence electrons. The van der Waals surface area contributed by atoms with E-state index in [1.807, 2.05) is 12.1 Å². The molecule has 1 aromatic rings. The van der Waals surface area contributed by atoms with Crippen molar-refractivity contribution < 1.29 is 9.47 Å². The summed E-state index contributed by atoms with van der Waals surface area (Å²) in [5, 5.41) is 0. The molecule has 0 aliphatic carbocycles. The van der Waals surface area contributed by atoms with E-state index in [1.165, 1.54) is 12.4 Å². The summed E-state index contributed by atoms with van der Waals surface area (Å²) in [5.74, 6) is 0.896. The van der Waals surface area contributed by atoms with Gasteiger partial charge in [-0.15, -0.1) is 0 Å². The molecule has 0 spiro atoms. The Hall–Kier alpha value is -2.18. The van der Waals surface area contributed by atoms with Crippen LogP contribution in [0.25, 0.3) is 5.57 Å². The van der Waals surface area contributed by atoms with E-state index in [9.17, 15) is 0 Å². The van der Waals surface area contributed by atoms with E-state index in [0.29, 0.717) is 37.8 Å². The van der Waals surface area contributed by atoms with Crippen LogP contribution in [0.15, 0.2) is 30.6 Å². The lowest BCUT2D eigenvalue weighted by molar-refractivity contribution is 0.0979. The van der Waals surface area contributed by atoms with E-state index < -0.39 is 0 Å². The summed E-state index contributed by atoms with van der Waals surface area (Å²) in [7, 11) is 0. The maximum Gasteiger partial charge on any atom is 0.143 e. The zero-order valence-electron chi connectivity index (χ0n) is 15.3. The molecule has 25 heavy (non-hydrogen) atoms. The molecule has 1 aromatic carbocycles. The number of nitrogens with two attached hydrogens (primary N) is 4. The van der Waals surface area contributed by atoms with Crippen molar-refractivity contribution in [2.75, 3.05) is 32.1 Å². The van der Waals surface area contributed by atoms with Crippen molar-refractivity contribution in [3.05, 3.63) is 41.7 Å². The van der Waals surface area contributed by atoms with Gasteiger partial charge in [0.2, 0.25) is 0 Å². The summed E-state index contributed by atoms with van der Waals surface area (Å²) in [6, 6.07) is 3.91. The summed E-state index contributed by atoms with van der Waals surface area (Å²) >= 11 is 0. The van der Waals surface area contributed by atoms with E-state index in [4.69, 9.17) is 32.4 Å². The van der Waals surface area contributed by atoms with Crippen molar-refractivity contribution in [2.24, 2.45) is 17.2 Å². The van der Waals surface area contributed by atoms with Gasteiger partial charge in [-0.25, -0.2) is 0 Å². The summed E-state index contributed by atoms with van der Waals surface area (Å²) in [6.07, 6.45) is 6.65. The number of nitrogen functional groups attached to an aromatic ring is 1. The first-order valence-corrected chi connectivity index (χ1v) is 8.69. The Morgan fingerprint density at radius 1 is 1.12 bits per heavy atom. The van der Waals surface area contributed by atoms with Gasteiger partial charge in [-0.1, -0.05) is 13.8 Å². The molecule has 6 nitrogen and oxygen atoms in total. The molecular formula is C19H32N4O2. The van der Waals surface area contributed by atoms with Crippen molar-refractivity contribution in [1.29, 1.82) is 0 Å². The molecule has 0 unspecified atom stereocenters. The highest BCUT2D eigenvalue weighted by atomic mass is 16.5. The van der Waals surface area contributed by atoms with Gasteiger partial charge in [0, 0.05) is 12.8 Å². The van der Waals surface area contributed by atoms with Gasteiger partial charge in [-0.3, -0.25) is 0 Å². The third-order valence-corrected chi connectivity index (χ3v) is 3.81. The van der Waals surface area contributed by atoms with Crippen LogP contribution >= 0.6 is 0 Å². The van der Waals surface area contributed by atoms with Crippen LogP contribution in [0.1, 0.15) is 43.7 Å². The highest BCUT2D eigenvalue weighted by Gasteiger charge is 2.13. The lowest BCUT2D eigenvalue weighted by atomic mass is 9.95. The smallest absolute Gasteiger partial charge is 0.143 e. The molecule has 0 amide bonds. The van der Waals surface area contributed by atoms with E-state index in [0.717, 1.165) is 29.5 Å². The van der Waals surface area contributed by atoms with Gasteiger partial charge in [-0.05, 0) is 66.4 Å². The molecule has 0 radical (unpaired) electrons. The molecule has 0 aliphatic rings. The SMILES string of the molecule is CC(C)c1cc(C(=CN)/C=C\N)cc(OCCOCCCCN)c1N.